The van der Waals surface area contributed by atoms with Crippen molar-refractivity contribution in [1.82, 2.24) is 0 Å². The van der Waals surface area contributed by atoms with E-state index in [-0.39, 0.29) is 33.7 Å². The fraction of sp³-hybridized carbons (Fsp3) is 0.0588. The van der Waals surface area contributed by atoms with E-state index in [0.717, 1.165) is 35.4 Å². The molecule has 0 atom stereocenters. The van der Waals surface area contributed by atoms with Crippen molar-refractivity contribution < 1.29 is 48.5 Å². The van der Waals surface area contributed by atoms with Crippen LogP contribution in [0.2, 0.25) is 0 Å². The Morgan fingerprint density at radius 3 is 1.70 bits per heavy atom. The molecule has 16 nitrogen and oxygen atoms in total. The van der Waals surface area contributed by atoms with Gasteiger partial charge in [0.25, 0.3) is 30.4 Å². The molecule has 2 aliphatic carbocycles. The van der Waals surface area contributed by atoms with Crippen LogP contribution in [-0.4, -0.2) is 61.9 Å². The van der Waals surface area contributed by atoms with Gasteiger partial charge >= 0.3 is 0 Å². The van der Waals surface area contributed by atoms with E-state index in [1.54, 1.807) is 56.3 Å². The number of carbonyl (C=O) groups excluding carboxylic acids is 2. The van der Waals surface area contributed by atoms with Crippen LogP contribution >= 0.6 is 0 Å². The smallest absolute Gasteiger partial charge is 0.296 e. The fourth-order valence-electron chi connectivity index (χ4n) is 5.70. The molecule has 0 fully saturated rings. The van der Waals surface area contributed by atoms with Crippen LogP contribution in [0.1, 0.15) is 43.0 Å². The monoisotopic (exact) mass is 777 g/mol. The lowest BCUT2D eigenvalue weighted by atomic mass is 9.93. The van der Waals surface area contributed by atoms with E-state index in [9.17, 15) is 48.5 Å². The van der Waals surface area contributed by atoms with Gasteiger partial charge in [-0.2, -0.15) is 35.5 Å². The van der Waals surface area contributed by atoms with E-state index in [2.05, 4.69) is 21.1 Å². The van der Waals surface area contributed by atoms with Gasteiger partial charge in [0.05, 0.1) is 21.8 Å². The predicted octanol–water partition coefficient (Wildman–Crippen LogP) is 4.59. The quantitative estimate of drug-likeness (QED) is 0.0812. The highest BCUT2D eigenvalue weighted by Crippen LogP contribution is 2.34. The number of rotatable bonds is 8. The number of allylic oxidation sites excluding steroid dienone is 2. The van der Waals surface area contributed by atoms with Crippen LogP contribution in [0.3, 0.4) is 0 Å². The molecule has 2 aliphatic rings. The summed E-state index contributed by atoms with van der Waals surface area (Å²) in [7, 11) is -14.5. The Labute approximate surface area is 302 Å². The third kappa shape index (κ3) is 7.29. The Bertz CT molecular complexity index is 2770. The molecule has 6 rings (SSSR count). The Morgan fingerprint density at radius 2 is 1.17 bits per heavy atom. The summed E-state index contributed by atoms with van der Waals surface area (Å²) in [4.78, 5) is 24.3. The van der Waals surface area contributed by atoms with Crippen molar-refractivity contribution in [3.63, 3.8) is 0 Å². The number of Topliss-reactive ketones (excluding diaryl/α,β-unsaturated/α-hetero) is 2. The summed E-state index contributed by atoms with van der Waals surface area (Å²) in [6, 6.07) is 18.0. The summed E-state index contributed by atoms with van der Waals surface area (Å²) in [6.07, 6.45) is 1.82. The molecule has 19 heteroatoms. The molecule has 0 unspecified atom stereocenters. The average Bonchev–Trinajstić information content (AvgIpc) is 3.06. The van der Waals surface area contributed by atoms with Crippen LogP contribution in [0.4, 0.5) is 17.1 Å². The molecular weight excluding hydrogens is 751 g/mol. The first kappa shape index (κ1) is 36.9. The van der Waals surface area contributed by atoms with Gasteiger partial charge < -0.3 is 5.73 Å². The van der Waals surface area contributed by atoms with Gasteiger partial charge in [-0.25, -0.2) is 0 Å². The number of benzene rings is 4. The number of fused-ring (bicyclic) bond motifs is 2. The Balaban J connectivity index is 1.25. The second-order valence-electron chi connectivity index (χ2n) is 11.9. The first-order valence-corrected chi connectivity index (χ1v) is 19.4. The molecule has 0 saturated carbocycles. The zero-order valence-corrected chi connectivity index (χ0v) is 29.8. The topological polar surface area (TPSA) is 272 Å². The number of nitrogen functional groups attached to an aromatic ring is 1. The molecule has 0 radical (unpaired) electrons. The Morgan fingerprint density at radius 1 is 0.623 bits per heavy atom. The number of carbonyl (C=O) groups is 2. The van der Waals surface area contributed by atoms with E-state index in [1.807, 2.05) is 6.07 Å². The molecule has 0 aromatic heterocycles. The van der Waals surface area contributed by atoms with Gasteiger partial charge in [0.2, 0.25) is 11.6 Å². The SMILES string of the molecule is Cc1cc(-c2ccc(N/N=C3\C(=O)c4c(N)cc(S(=O)(=O)O)cc4C=C3S(=O)(=O)O)c(C)c2)ccc1N/N=C1\C=C(S(=O)(=O)O)c2ccccc2C1=O. The standard InChI is InChI=1S/C34H27N5O11S3/c1-17-11-19(7-9-26(17)36-38-28-16-29(52(45,46)47)23-5-3-4-6-24(23)33(28)40)20-8-10-27(18(2)12-20)37-39-32-30(53(48,49)50)14-21-13-22(51(42,43)44)15-25(35)31(21)34(32)41/h3-16,36-37H,35H2,1-2H3,(H,42,43,44)(H,45,46,47)(H,48,49,50)/b38-28+,39-32-. The van der Waals surface area contributed by atoms with E-state index < -0.39 is 62.3 Å². The maximum absolute atomic E-state index is 13.4. The van der Waals surface area contributed by atoms with Crippen LogP contribution in [0.25, 0.3) is 22.1 Å². The minimum absolute atomic E-state index is 0.0701. The highest BCUT2D eigenvalue weighted by Gasteiger charge is 2.35. The lowest BCUT2D eigenvalue weighted by molar-refractivity contribution is 0.105. The molecule has 272 valence electrons. The van der Waals surface area contributed by atoms with Gasteiger partial charge in [0.1, 0.15) is 15.5 Å². The number of anilines is 3. The molecule has 0 saturated heterocycles. The zero-order chi connectivity index (χ0) is 38.6. The van der Waals surface area contributed by atoms with Gasteiger partial charge in [0, 0.05) is 16.8 Å². The minimum Gasteiger partial charge on any atom is -0.398 e. The summed E-state index contributed by atoms with van der Waals surface area (Å²) in [5, 5.41) is 8.09. The van der Waals surface area contributed by atoms with Gasteiger partial charge in [-0.3, -0.25) is 34.1 Å². The number of ketones is 2. The number of nitrogens with zero attached hydrogens (tertiary/aromatic N) is 2. The van der Waals surface area contributed by atoms with Crippen molar-refractivity contribution in [2.24, 2.45) is 10.2 Å². The Kier molecular flexibility index (Phi) is 9.27. The number of hydrazone groups is 2. The largest absolute Gasteiger partial charge is 0.398 e. The van der Waals surface area contributed by atoms with Crippen LogP contribution < -0.4 is 16.6 Å². The highest BCUT2D eigenvalue weighted by molar-refractivity contribution is 7.95. The number of hydrogen-bond donors (Lipinski definition) is 6. The summed E-state index contributed by atoms with van der Waals surface area (Å²) in [6.45, 7) is 3.49. The molecule has 0 aliphatic heterocycles. The maximum Gasteiger partial charge on any atom is 0.296 e. The molecule has 53 heavy (non-hydrogen) atoms. The molecule has 0 bridgehead atoms. The molecule has 0 heterocycles. The second-order valence-corrected chi connectivity index (χ2v) is 16.1. The van der Waals surface area contributed by atoms with Crippen molar-refractivity contribution >= 4 is 81.4 Å². The van der Waals surface area contributed by atoms with E-state index >= 15 is 0 Å². The molecule has 4 aromatic carbocycles. The normalized spacial score (nSPS) is 16.2. The fourth-order valence-corrected chi connectivity index (χ4v) is 7.63. The van der Waals surface area contributed by atoms with Gasteiger partial charge in [0.15, 0.2) is 5.71 Å². The van der Waals surface area contributed by atoms with Crippen molar-refractivity contribution in [3.05, 3.63) is 117 Å². The van der Waals surface area contributed by atoms with Gasteiger partial charge in [-0.05, 0) is 90.2 Å². The zero-order valence-electron chi connectivity index (χ0n) is 27.4. The number of hydrogen-bond acceptors (Lipinski definition) is 13. The van der Waals surface area contributed by atoms with E-state index in [0.29, 0.717) is 22.5 Å². The third-order valence-corrected chi connectivity index (χ3v) is 10.9. The predicted molar refractivity (Wildman–Crippen MR) is 198 cm³/mol. The Hall–Kier alpha value is -5.83. The lowest BCUT2D eigenvalue weighted by Gasteiger charge is -2.19. The molecule has 4 aromatic rings. The molecular formula is C34H27N5O11S3. The van der Waals surface area contributed by atoms with Gasteiger partial charge in [-0.1, -0.05) is 36.4 Å². The highest BCUT2D eigenvalue weighted by atomic mass is 32.2. The number of nitrogens with two attached hydrogens (primary N) is 1. The van der Waals surface area contributed by atoms with Crippen molar-refractivity contribution in [2.75, 3.05) is 16.6 Å². The molecule has 0 amide bonds. The summed E-state index contributed by atoms with van der Waals surface area (Å²) in [5.41, 5.74) is 13.2. The van der Waals surface area contributed by atoms with Crippen molar-refractivity contribution in [3.8, 4) is 11.1 Å². The average molecular weight is 778 g/mol. The number of aryl methyl sites for hydroxylation is 2. The summed E-state index contributed by atoms with van der Waals surface area (Å²) >= 11 is 0. The van der Waals surface area contributed by atoms with E-state index in [4.69, 9.17) is 5.73 Å². The number of nitrogens with one attached hydrogen (secondary N) is 2. The van der Waals surface area contributed by atoms with Crippen LogP contribution in [0.15, 0.2) is 98.9 Å². The van der Waals surface area contributed by atoms with Crippen LogP contribution in [-0.2, 0) is 30.4 Å². The lowest BCUT2D eigenvalue weighted by Crippen LogP contribution is -2.28. The first-order chi connectivity index (χ1) is 24.7. The third-order valence-electron chi connectivity index (χ3n) is 8.30. The first-order valence-electron chi connectivity index (χ1n) is 15.1. The maximum atomic E-state index is 13.4. The summed E-state index contributed by atoms with van der Waals surface area (Å²) in [5.74, 6) is -1.57. The second kappa shape index (κ2) is 13.3. The summed E-state index contributed by atoms with van der Waals surface area (Å²) < 4.78 is 101. The van der Waals surface area contributed by atoms with E-state index in [1.165, 1.54) is 12.1 Å². The molecule has 0 spiro atoms. The van der Waals surface area contributed by atoms with Gasteiger partial charge in [-0.15, -0.1) is 0 Å². The van der Waals surface area contributed by atoms with Crippen LogP contribution in [0.5, 0.6) is 0 Å². The van der Waals surface area contributed by atoms with Crippen molar-refractivity contribution in [2.45, 2.75) is 18.7 Å². The van der Waals surface area contributed by atoms with Crippen molar-refractivity contribution in [1.29, 1.82) is 0 Å². The van der Waals surface area contributed by atoms with Crippen LogP contribution in [0, 0.1) is 13.8 Å². The molecule has 7 N–H and O–H groups in total. The minimum atomic E-state index is -5.06.